The minimum Gasteiger partial charge on any atom is -0.393 e. The molecular weight excluding hydrogens is 176 g/mol. The van der Waals surface area contributed by atoms with Crippen molar-refractivity contribution in [2.24, 2.45) is 0 Å². The van der Waals surface area contributed by atoms with E-state index in [1.54, 1.807) is 6.20 Å². The largest absolute Gasteiger partial charge is 0.393 e. The SMILES string of the molecule is CN(C)CCC(O)Cc1ccccn1. The summed E-state index contributed by atoms with van der Waals surface area (Å²) in [5.41, 5.74) is 0.957. The van der Waals surface area contributed by atoms with Gasteiger partial charge in [0.25, 0.3) is 0 Å². The molecule has 0 spiro atoms. The van der Waals surface area contributed by atoms with Gasteiger partial charge in [-0.25, -0.2) is 0 Å². The average molecular weight is 194 g/mol. The van der Waals surface area contributed by atoms with Gasteiger partial charge >= 0.3 is 0 Å². The van der Waals surface area contributed by atoms with Crippen LogP contribution in [0.1, 0.15) is 12.1 Å². The first-order valence-corrected chi connectivity index (χ1v) is 4.91. The topological polar surface area (TPSA) is 36.4 Å². The zero-order valence-electron chi connectivity index (χ0n) is 8.85. The van der Waals surface area contributed by atoms with Gasteiger partial charge in [0.15, 0.2) is 0 Å². The molecule has 3 heteroatoms. The van der Waals surface area contributed by atoms with Crippen LogP contribution in [0.3, 0.4) is 0 Å². The molecule has 0 saturated carbocycles. The van der Waals surface area contributed by atoms with Gasteiger partial charge in [0.1, 0.15) is 0 Å². The van der Waals surface area contributed by atoms with Crippen molar-refractivity contribution in [2.75, 3.05) is 20.6 Å². The molecule has 0 amide bonds. The van der Waals surface area contributed by atoms with Crippen LogP contribution in [0, 0.1) is 0 Å². The summed E-state index contributed by atoms with van der Waals surface area (Å²) < 4.78 is 0. The molecular formula is C11H18N2O. The quantitative estimate of drug-likeness (QED) is 0.757. The fourth-order valence-electron chi connectivity index (χ4n) is 1.27. The van der Waals surface area contributed by atoms with Crippen molar-refractivity contribution in [1.82, 2.24) is 9.88 Å². The highest BCUT2D eigenvalue weighted by Crippen LogP contribution is 2.02. The lowest BCUT2D eigenvalue weighted by molar-refractivity contribution is 0.151. The molecule has 78 valence electrons. The molecule has 3 nitrogen and oxygen atoms in total. The van der Waals surface area contributed by atoms with E-state index in [-0.39, 0.29) is 6.10 Å². The van der Waals surface area contributed by atoms with Crippen LogP contribution >= 0.6 is 0 Å². The fourth-order valence-corrected chi connectivity index (χ4v) is 1.27. The smallest absolute Gasteiger partial charge is 0.0607 e. The Bertz CT molecular complexity index is 249. The Morgan fingerprint density at radius 3 is 2.79 bits per heavy atom. The van der Waals surface area contributed by atoms with Crippen molar-refractivity contribution in [2.45, 2.75) is 18.9 Å². The van der Waals surface area contributed by atoms with Gasteiger partial charge in [-0.15, -0.1) is 0 Å². The van der Waals surface area contributed by atoms with Gasteiger partial charge in [-0.3, -0.25) is 4.98 Å². The molecule has 1 heterocycles. The van der Waals surface area contributed by atoms with Gasteiger partial charge in [-0.1, -0.05) is 6.07 Å². The van der Waals surface area contributed by atoms with E-state index in [9.17, 15) is 5.11 Å². The summed E-state index contributed by atoms with van der Waals surface area (Å²) in [7, 11) is 4.01. The highest BCUT2D eigenvalue weighted by molar-refractivity contribution is 5.04. The van der Waals surface area contributed by atoms with Crippen LogP contribution < -0.4 is 0 Å². The van der Waals surface area contributed by atoms with Gasteiger partial charge in [0.05, 0.1) is 6.10 Å². The Morgan fingerprint density at radius 2 is 2.21 bits per heavy atom. The van der Waals surface area contributed by atoms with Crippen molar-refractivity contribution in [3.05, 3.63) is 30.1 Å². The number of aromatic nitrogens is 1. The van der Waals surface area contributed by atoms with Gasteiger partial charge in [0.2, 0.25) is 0 Å². The monoisotopic (exact) mass is 194 g/mol. The predicted molar refractivity (Wildman–Crippen MR) is 57.1 cm³/mol. The third kappa shape index (κ3) is 4.35. The van der Waals surface area contributed by atoms with E-state index in [4.69, 9.17) is 0 Å². The summed E-state index contributed by atoms with van der Waals surface area (Å²) in [4.78, 5) is 6.24. The van der Waals surface area contributed by atoms with Crippen LogP contribution in [0.5, 0.6) is 0 Å². The zero-order valence-corrected chi connectivity index (χ0v) is 8.85. The number of rotatable bonds is 5. The lowest BCUT2D eigenvalue weighted by Crippen LogP contribution is -2.21. The maximum Gasteiger partial charge on any atom is 0.0607 e. The van der Waals surface area contributed by atoms with E-state index in [0.717, 1.165) is 18.7 Å². The fraction of sp³-hybridized carbons (Fsp3) is 0.545. The Hall–Kier alpha value is -0.930. The summed E-state index contributed by atoms with van der Waals surface area (Å²) in [6.45, 7) is 0.911. The van der Waals surface area contributed by atoms with Crippen molar-refractivity contribution in [3.63, 3.8) is 0 Å². The lowest BCUT2D eigenvalue weighted by atomic mass is 10.1. The Balaban J connectivity index is 2.30. The molecule has 0 aromatic carbocycles. The van der Waals surface area contributed by atoms with E-state index in [1.807, 2.05) is 32.3 Å². The van der Waals surface area contributed by atoms with Gasteiger partial charge in [-0.2, -0.15) is 0 Å². The van der Waals surface area contributed by atoms with E-state index in [1.165, 1.54) is 0 Å². The minimum atomic E-state index is -0.285. The first kappa shape index (κ1) is 11.1. The lowest BCUT2D eigenvalue weighted by Gasteiger charge is -2.13. The molecule has 1 N–H and O–H groups in total. The Morgan fingerprint density at radius 1 is 1.43 bits per heavy atom. The Labute approximate surface area is 85.4 Å². The summed E-state index contributed by atoms with van der Waals surface area (Å²) >= 11 is 0. The molecule has 1 aromatic rings. The first-order chi connectivity index (χ1) is 6.68. The van der Waals surface area contributed by atoms with E-state index in [2.05, 4.69) is 9.88 Å². The Kier molecular flexibility index (Phi) is 4.56. The van der Waals surface area contributed by atoms with Crippen molar-refractivity contribution >= 4 is 0 Å². The molecule has 0 aliphatic heterocycles. The summed E-state index contributed by atoms with van der Waals surface area (Å²) in [5, 5.41) is 9.68. The van der Waals surface area contributed by atoms with Crippen LogP contribution in [-0.2, 0) is 6.42 Å². The number of hydrogen-bond donors (Lipinski definition) is 1. The standard InChI is InChI=1S/C11H18N2O/c1-13(2)8-6-11(14)9-10-5-3-4-7-12-10/h3-5,7,11,14H,6,8-9H2,1-2H3. The molecule has 0 aliphatic rings. The first-order valence-electron chi connectivity index (χ1n) is 4.91. The molecule has 1 rings (SSSR count). The summed E-state index contributed by atoms with van der Waals surface area (Å²) in [6.07, 6.45) is 2.92. The van der Waals surface area contributed by atoms with Crippen LogP contribution in [0.2, 0.25) is 0 Å². The van der Waals surface area contributed by atoms with E-state index >= 15 is 0 Å². The maximum atomic E-state index is 9.68. The zero-order chi connectivity index (χ0) is 10.4. The second-order valence-electron chi connectivity index (χ2n) is 3.77. The van der Waals surface area contributed by atoms with Crippen LogP contribution in [0.4, 0.5) is 0 Å². The second kappa shape index (κ2) is 5.73. The molecule has 1 aromatic heterocycles. The van der Waals surface area contributed by atoms with Gasteiger partial charge in [0, 0.05) is 18.3 Å². The number of hydrogen-bond acceptors (Lipinski definition) is 3. The number of aliphatic hydroxyl groups excluding tert-OH is 1. The second-order valence-corrected chi connectivity index (χ2v) is 3.77. The third-order valence-electron chi connectivity index (χ3n) is 2.08. The number of pyridine rings is 1. The van der Waals surface area contributed by atoms with Crippen molar-refractivity contribution in [3.8, 4) is 0 Å². The summed E-state index contributed by atoms with van der Waals surface area (Å²) in [6, 6.07) is 5.77. The third-order valence-corrected chi connectivity index (χ3v) is 2.08. The molecule has 14 heavy (non-hydrogen) atoms. The molecule has 0 radical (unpaired) electrons. The molecule has 0 fully saturated rings. The molecule has 1 atom stereocenters. The number of aliphatic hydroxyl groups is 1. The highest BCUT2D eigenvalue weighted by atomic mass is 16.3. The highest BCUT2D eigenvalue weighted by Gasteiger charge is 2.06. The normalized spacial score (nSPS) is 13.1. The van der Waals surface area contributed by atoms with Crippen molar-refractivity contribution in [1.29, 1.82) is 0 Å². The maximum absolute atomic E-state index is 9.68. The van der Waals surface area contributed by atoms with E-state index in [0.29, 0.717) is 6.42 Å². The van der Waals surface area contributed by atoms with Crippen LogP contribution in [0.25, 0.3) is 0 Å². The summed E-state index contributed by atoms with van der Waals surface area (Å²) in [5.74, 6) is 0. The van der Waals surface area contributed by atoms with E-state index < -0.39 is 0 Å². The van der Waals surface area contributed by atoms with Crippen molar-refractivity contribution < 1.29 is 5.11 Å². The molecule has 0 bridgehead atoms. The molecule has 0 aliphatic carbocycles. The van der Waals surface area contributed by atoms with Gasteiger partial charge in [-0.05, 0) is 39.2 Å². The minimum absolute atomic E-state index is 0.285. The predicted octanol–water partition coefficient (Wildman–Crippen LogP) is 0.937. The number of nitrogens with zero attached hydrogens (tertiary/aromatic N) is 2. The molecule has 1 unspecified atom stereocenters. The van der Waals surface area contributed by atoms with Crippen LogP contribution in [0.15, 0.2) is 24.4 Å². The molecule has 0 saturated heterocycles. The van der Waals surface area contributed by atoms with Crippen LogP contribution in [-0.4, -0.2) is 41.7 Å². The van der Waals surface area contributed by atoms with Gasteiger partial charge < -0.3 is 10.0 Å². The average Bonchev–Trinajstić information content (AvgIpc) is 2.16.